The van der Waals surface area contributed by atoms with Gasteiger partial charge in [-0.15, -0.1) is 0 Å². The molecular formula is C16H29NO2. The molecule has 0 radical (unpaired) electrons. The lowest BCUT2D eigenvalue weighted by molar-refractivity contribution is -0.154. The van der Waals surface area contributed by atoms with Crippen LogP contribution in [0, 0.1) is 16.7 Å². The number of fused-ring (bicyclic) bond motifs is 2. The summed E-state index contributed by atoms with van der Waals surface area (Å²) in [6.07, 6.45) is 4.31. The fourth-order valence-corrected chi connectivity index (χ4v) is 4.59. The molecule has 0 aromatic heterocycles. The van der Waals surface area contributed by atoms with Crippen molar-refractivity contribution in [1.29, 1.82) is 0 Å². The molecule has 0 aromatic carbocycles. The van der Waals surface area contributed by atoms with Crippen molar-refractivity contribution in [3.8, 4) is 0 Å². The first-order chi connectivity index (χ1) is 8.91. The summed E-state index contributed by atoms with van der Waals surface area (Å²) in [5.74, 6) is 0.727. The van der Waals surface area contributed by atoms with Crippen LogP contribution in [0.15, 0.2) is 0 Å². The molecule has 0 unspecified atom stereocenters. The van der Waals surface area contributed by atoms with Crippen molar-refractivity contribution < 1.29 is 9.90 Å². The van der Waals surface area contributed by atoms with Crippen molar-refractivity contribution in [2.45, 2.75) is 65.9 Å². The highest BCUT2D eigenvalue weighted by Crippen LogP contribution is 2.66. The Morgan fingerprint density at radius 3 is 2.21 bits per heavy atom. The Labute approximate surface area is 117 Å². The van der Waals surface area contributed by atoms with Crippen molar-refractivity contribution >= 4 is 5.91 Å². The van der Waals surface area contributed by atoms with Crippen molar-refractivity contribution in [2.24, 2.45) is 16.7 Å². The number of hydrogen-bond donors (Lipinski definition) is 1. The second-order valence-corrected chi connectivity index (χ2v) is 6.97. The second kappa shape index (κ2) is 5.08. The fourth-order valence-electron chi connectivity index (χ4n) is 4.59. The predicted octanol–water partition coefficient (Wildman–Crippen LogP) is 2.82. The Morgan fingerprint density at radius 2 is 1.84 bits per heavy atom. The van der Waals surface area contributed by atoms with Crippen molar-refractivity contribution in [3.63, 3.8) is 0 Å². The minimum atomic E-state index is -0.512. The van der Waals surface area contributed by atoms with Crippen LogP contribution in [0.4, 0.5) is 0 Å². The Morgan fingerprint density at radius 1 is 1.26 bits per heavy atom. The van der Waals surface area contributed by atoms with Crippen LogP contribution in [0.3, 0.4) is 0 Å². The lowest BCUT2D eigenvalue weighted by atomic mass is 9.67. The molecule has 0 saturated heterocycles. The molecule has 2 rings (SSSR count). The molecule has 1 amide bonds. The molecule has 2 aliphatic rings. The summed E-state index contributed by atoms with van der Waals surface area (Å²) in [5.41, 5.74) is -0.564. The zero-order valence-corrected chi connectivity index (χ0v) is 12.9. The lowest BCUT2D eigenvalue weighted by Crippen LogP contribution is -2.53. The average molecular weight is 267 g/mol. The van der Waals surface area contributed by atoms with E-state index in [-0.39, 0.29) is 11.3 Å². The van der Waals surface area contributed by atoms with Crippen LogP contribution in [0.5, 0.6) is 0 Å². The van der Waals surface area contributed by atoms with Crippen LogP contribution in [0.1, 0.15) is 59.8 Å². The van der Waals surface area contributed by atoms with Crippen LogP contribution in [0.2, 0.25) is 0 Å². The second-order valence-electron chi connectivity index (χ2n) is 6.97. The molecule has 2 aliphatic carbocycles. The number of aliphatic hydroxyl groups excluding tert-OH is 1. The van der Waals surface area contributed by atoms with Gasteiger partial charge < -0.3 is 10.0 Å². The summed E-state index contributed by atoms with van der Waals surface area (Å²) >= 11 is 0. The van der Waals surface area contributed by atoms with Crippen LogP contribution in [-0.2, 0) is 4.79 Å². The molecule has 2 saturated carbocycles. The zero-order chi connectivity index (χ0) is 14.3. The van der Waals surface area contributed by atoms with E-state index in [0.717, 1.165) is 45.2 Å². The average Bonchev–Trinajstić information content (AvgIpc) is 2.72. The van der Waals surface area contributed by atoms with Gasteiger partial charge in [-0.25, -0.2) is 0 Å². The third kappa shape index (κ3) is 1.93. The smallest absolute Gasteiger partial charge is 0.231 e. The van der Waals surface area contributed by atoms with Crippen LogP contribution >= 0.6 is 0 Å². The molecule has 110 valence electrons. The highest BCUT2D eigenvalue weighted by Gasteiger charge is 2.68. The van der Waals surface area contributed by atoms with Gasteiger partial charge in [0.05, 0.1) is 11.5 Å². The van der Waals surface area contributed by atoms with E-state index in [2.05, 4.69) is 27.7 Å². The van der Waals surface area contributed by atoms with Gasteiger partial charge in [0.2, 0.25) is 5.91 Å². The molecule has 0 aromatic rings. The van der Waals surface area contributed by atoms with Gasteiger partial charge >= 0.3 is 0 Å². The van der Waals surface area contributed by atoms with Crippen LogP contribution in [0.25, 0.3) is 0 Å². The highest BCUT2D eigenvalue weighted by atomic mass is 16.3. The number of carbonyl (C=O) groups is 1. The molecule has 0 heterocycles. The van der Waals surface area contributed by atoms with E-state index < -0.39 is 11.5 Å². The number of carbonyl (C=O) groups excluding carboxylic acids is 1. The summed E-state index contributed by atoms with van der Waals surface area (Å²) in [5, 5.41) is 10.5. The molecule has 2 fully saturated rings. The number of amides is 1. The van der Waals surface area contributed by atoms with Gasteiger partial charge in [0.15, 0.2) is 0 Å². The van der Waals surface area contributed by atoms with Crippen molar-refractivity contribution in [2.75, 3.05) is 13.1 Å². The normalized spacial score (nSPS) is 35.6. The number of rotatable bonds is 5. The lowest BCUT2D eigenvalue weighted by Gasteiger charge is -2.42. The summed E-state index contributed by atoms with van der Waals surface area (Å²) in [6.45, 7) is 10.2. The summed E-state index contributed by atoms with van der Waals surface area (Å²) in [4.78, 5) is 15.1. The Bertz CT molecular complexity index is 347. The van der Waals surface area contributed by atoms with Gasteiger partial charge in [0, 0.05) is 13.1 Å². The SMILES string of the molecule is CCCN(CCC)C(=O)[C@]12CC[C@H](C[C@H]1O)C2(C)C. The number of aliphatic hydroxyl groups is 1. The van der Waals surface area contributed by atoms with E-state index in [4.69, 9.17) is 0 Å². The quantitative estimate of drug-likeness (QED) is 0.832. The largest absolute Gasteiger partial charge is 0.392 e. The molecule has 2 bridgehead atoms. The maximum absolute atomic E-state index is 13.1. The van der Waals surface area contributed by atoms with Gasteiger partial charge in [-0.2, -0.15) is 0 Å². The molecule has 1 N–H and O–H groups in total. The maximum Gasteiger partial charge on any atom is 0.231 e. The highest BCUT2D eigenvalue weighted by molar-refractivity contribution is 5.85. The maximum atomic E-state index is 13.1. The minimum absolute atomic E-state index is 0.0523. The Balaban J connectivity index is 2.29. The van der Waals surface area contributed by atoms with E-state index in [9.17, 15) is 9.90 Å². The molecule has 3 heteroatoms. The topological polar surface area (TPSA) is 40.5 Å². The monoisotopic (exact) mass is 267 g/mol. The van der Waals surface area contributed by atoms with Crippen LogP contribution in [-0.4, -0.2) is 35.1 Å². The first-order valence-corrected chi connectivity index (χ1v) is 7.89. The van der Waals surface area contributed by atoms with E-state index in [0.29, 0.717) is 5.92 Å². The van der Waals surface area contributed by atoms with Crippen LogP contribution < -0.4 is 0 Å². The summed E-state index contributed by atoms with van der Waals surface area (Å²) in [7, 11) is 0. The molecule has 3 atom stereocenters. The summed E-state index contributed by atoms with van der Waals surface area (Å²) < 4.78 is 0. The molecule has 3 nitrogen and oxygen atoms in total. The number of hydrogen-bond acceptors (Lipinski definition) is 2. The minimum Gasteiger partial charge on any atom is -0.392 e. The molecule has 0 spiro atoms. The third-order valence-electron chi connectivity index (χ3n) is 5.79. The van der Waals surface area contributed by atoms with Gasteiger partial charge in [0.1, 0.15) is 0 Å². The molecular weight excluding hydrogens is 238 g/mol. The van der Waals surface area contributed by atoms with Crippen molar-refractivity contribution in [3.05, 3.63) is 0 Å². The van der Waals surface area contributed by atoms with E-state index in [1.165, 1.54) is 0 Å². The standard InChI is InChI=1S/C16H29NO2/c1-5-9-17(10-6-2)14(19)16-8-7-12(11-13(16)18)15(16,3)4/h12-13,18H,5-11H2,1-4H3/t12-,13-,16+/m1/s1. The Kier molecular flexibility index (Phi) is 3.97. The van der Waals surface area contributed by atoms with Gasteiger partial charge in [-0.05, 0) is 43.4 Å². The van der Waals surface area contributed by atoms with E-state index >= 15 is 0 Å². The van der Waals surface area contributed by atoms with E-state index in [1.807, 2.05) is 4.90 Å². The zero-order valence-electron chi connectivity index (χ0n) is 12.9. The first-order valence-electron chi connectivity index (χ1n) is 7.89. The van der Waals surface area contributed by atoms with Gasteiger partial charge in [0.25, 0.3) is 0 Å². The van der Waals surface area contributed by atoms with Gasteiger partial charge in [-0.1, -0.05) is 27.7 Å². The predicted molar refractivity (Wildman–Crippen MR) is 76.7 cm³/mol. The Hall–Kier alpha value is -0.570. The third-order valence-corrected chi connectivity index (χ3v) is 5.79. The van der Waals surface area contributed by atoms with Crippen molar-refractivity contribution in [1.82, 2.24) is 4.90 Å². The molecule has 0 aliphatic heterocycles. The number of nitrogens with zero attached hydrogens (tertiary/aromatic N) is 1. The summed E-state index contributed by atoms with van der Waals surface area (Å²) in [6, 6.07) is 0. The fraction of sp³-hybridized carbons (Fsp3) is 0.938. The van der Waals surface area contributed by atoms with Gasteiger partial charge in [-0.3, -0.25) is 4.79 Å². The van der Waals surface area contributed by atoms with E-state index in [1.54, 1.807) is 0 Å². The molecule has 19 heavy (non-hydrogen) atoms. The first kappa shape index (κ1) is 14.8.